The zero-order valence-electron chi connectivity index (χ0n) is 12.3. The molecule has 2 heterocycles. The SMILES string of the molecule is CCc1ccsc1C(=O)N1CCC(SC)(/C(N)=N/O)CC1. The number of carbonyl (C=O) groups excluding carboxylic acids is 1. The molecule has 0 unspecified atom stereocenters. The van der Waals surface area contributed by atoms with Crippen LogP contribution in [0.15, 0.2) is 16.6 Å². The summed E-state index contributed by atoms with van der Waals surface area (Å²) >= 11 is 3.10. The molecule has 5 nitrogen and oxygen atoms in total. The number of nitrogens with zero attached hydrogens (tertiary/aromatic N) is 2. The molecule has 3 N–H and O–H groups in total. The lowest BCUT2D eigenvalue weighted by atomic mass is 9.94. The third-order valence-electron chi connectivity index (χ3n) is 4.15. The summed E-state index contributed by atoms with van der Waals surface area (Å²) in [6, 6.07) is 2.02. The summed E-state index contributed by atoms with van der Waals surface area (Å²) in [4.78, 5) is 15.3. The Labute approximate surface area is 133 Å². The lowest BCUT2D eigenvalue weighted by Crippen LogP contribution is -2.51. The zero-order valence-corrected chi connectivity index (χ0v) is 14.0. The van der Waals surface area contributed by atoms with E-state index < -0.39 is 0 Å². The van der Waals surface area contributed by atoms with Crippen LogP contribution in [0.5, 0.6) is 0 Å². The van der Waals surface area contributed by atoms with Crippen LogP contribution >= 0.6 is 23.1 Å². The van der Waals surface area contributed by atoms with Gasteiger partial charge in [0, 0.05) is 13.1 Å². The number of oxime groups is 1. The molecule has 1 aromatic rings. The standard InChI is InChI=1S/C14H21N3O2S2/c1-3-10-4-9-21-11(10)12(18)17-7-5-14(20-2,6-8-17)13(15)16-19/h4,9,19H,3,5-8H2,1-2H3,(H2,15,16). The van der Waals surface area contributed by atoms with E-state index in [2.05, 4.69) is 12.1 Å². The Morgan fingerprint density at radius 3 is 2.76 bits per heavy atom. The quantitative estimate of drug-likeness (QED) is 0.385. The summed E-state index contributed by atoms with van der Waals surface area (Å²) in [5, 5.41) is 14.1. The minimum absolute atomic E-state index is 0.107. The lowest BCUT2D eigenvalue weighted by Gasteiger charge is -2.39. The smallest absolute Gasteiger partial charge is 0.264 e. The summed E-state index contributed by atoms with van der Waals surface area (Å²) in [5.74, 6) is 0.364. The highest BCUT2D eigenvalue weighted by Gasteiger charge is 2.39. The molecule has 0 saturated carbocycles. The highest BCUT2D eigenvalue weighted by atomic mass is 32.2. The predicted molar refractivity (Wildman–Crippen MR) is 88.5 cm³/mol. The molecule has 1 aliphatic heterocycles. The van der Waals surface area contributed by atoms with Gasteiger partial charge in [-0.1, -0.05) is 12.1 Å². The van der Waals surface area contributed by atoms with Crippen molar-refractivity contribution in [3.63, 3.8) is 0 Å². The summed E-state index contributed by atoms with van der Waals surface area (Å²) in [5.41, 5.74) is 6.95. The average Bonchev–Trinajstić information content (AvgIpc) is 3.02. The molecule has 0 spiro atoms. The van der Waals surface area contributed by atoms with Crippen molar-refractivity contribution < 1.29 is 10.0 Å². The molecular formula is C14H21N3O2S2. The molecule has 1 amide bonds. The van der Waals surface area contributed by atoms with E-state index in [4.69, 9.17) is 10.9 Å². The number of rotatable bonds is 4. The molecule has 1 aromatic heterocycles. The summed E-state index contributed by atoms with van der Waals surface area (Å²) in [6.07, 6.45) is 4.26. The van der Waals surface area contributed by atoms with Gasteiger partial charge in [0.1, 0.15) is 0 Å². The molecule has 0 bridgehead atoms. The van der Waals surface area contributed by atoms with Gasteiger partial charge >= 0.3 is 0 Å². The highest BCUT2D eigenvalue weighted by molar-refractivity contribution is 8.00. The Hall–Kier alpha value is -1.21. The van der Waals surface area contributed by atoms with Crippen LogP contribution in [0.4, 0.5) is 0 Å². The van der Waals surface area contributed by atoms with E-state index in [9.17, 15) is 4.79 Å². The van der Waals surface area contributed by atoms with Crippen LogP contribution in [0.25, 0.3) is 0 Å². The first-order chi connectivity index (χ1) is 10.1. The second-order valence-corrected chi connectivity index (χ2v) is 7.21. The van der Waals surface area contributed by atoms with Gasteiger partial charge in [-0.05, 0) is 42.5 Å². The van der Waals surface area contributed by atoms with Gasteiger partial charge in [-0.3, -0.25) is 4.79 Å². The van der Waals surface area contributed by atoms with Gasteiger partial charge in [-0.15, -0.1) is 11.3 Å². The molecule has 0 atom stereocenters. The minimum Gasteiger partial charge on any atom is -0.409 e. The molecule has 1 aliphatic rings. The number of amides is 1. The van der Waals surface area contributed by atoms with Crippen LogP contribution in [0.3, 0.4) is 0 Å². The van der Waals surface area contributed by atoms with Crippen LogP contribution in [0.1, 0.15) is 35.0 Å². The minimum atomic E-state index is -0.353. The molecule has 0 aromatic carbocycles. The summed E-state index contributed by atoms with van der Waals surface area (Å²) in [7, 11) is 0. The largest absolute Gasteiger partial charge is 0.409 e. The van der Waals surface area contributed by atoms with Crippen molar-refractivity contribution in [2.24, 2.45) is 10.9 Å². The van der Waals surface area contributed by atoms with E-state index >= 15 is 0 Å². The molecule has 7 heteroatoms. The molecule has 0 aliphatic carbocycles. The van der Waals surface area contributed by atoms with Crippen molar-refractivity contribution >= 4 is 34.8 Å². The first-order valence-corrected chi connectivity index (χ1v) is 9.07. The average molecular weight is 327 g/mol. The first kappa shape index (κ1) is 16.2. The van der Waals surface area contributed by atoms with Gasteiger partial charge in [-0.25, -0.2) is 0 Å². The number of likely N-dealkylation sites (tertiary alicyclic amines) is 1. The van der Waals surface area contributed by atoms with E-state index in [-0.39, 0.29) is 16.5 Å². The Bertz CT molecular complexity index is 534. The van der Waals surface area contributed by atoms with Crippen LogP contribution in [-0.2, 0) is 6.42 Å². The monoisotopic (exact) mass is 327 g/mol. The third-order valence-corrected chi connectivity index (χ3v) is 6.49. The van der Waals surface area contributed by atoms with Crippen LogP contribution in [0, 0.1) is 0 Å². The van der Waals surface area contributed by atoms with Crippen LogP contribution in [0.2, 0.25) is 0 Å². The fourth-order valence-corrected chi connectivity index (χ4v) is 4.48. The van der Waals surface area contributed by atoms with Crippen molar-refractivity contribution in [2.45, 2.75) is 30.9 Å². The maximum Gasteiger partial charge on any atom is 0.264 e. The van der Waals surface area contributed by atoms with Crippen LogP contribution in [-0.4, -0.2) is 45.9 Å². The fourth-order valence-electron chi connectivity index (χ4n) is 2.67. The van der Waals surface area contributed by atoms with Crippen molar-refractivity contribution in [1.29, 1.82) is 0 Å². The molecule has 21 heavy (non-hydrogen) atoms. The van der Waals surface area contributed by atoms with E-state index in [1.165, 1.54) is 11.3 Å². The zero-order chi connectivity index (χ0) is 15.5. The van der Waals surface area contributed by atoms with Crippen molar-refractivity contribution in [2.75, 3.05) is 19.3 Å². The number of nitrogens with two attached hydrogens (primary N) is 1. The second-order valence-electron chi connectivity index (χ2n) is 5.10. The highest BCUT2D eigenvalue weighted by Crippen LogP contribution is 2.35. The Morgan fingerprint density at radius 2 is 2.24 bits per heavy atom. The number of carbonyl (C=O) groups is 1. The van der Waals surface area contributed by atoms with E-state index in [0.29, 0.717) is 25.9 Å². The first-order valence-electron chi connectivity index (χ1n) is 6.96. The summed E-state index contributed by atoms with van der Waals surface area (Å²) < 4.78 is -0.353. The van der Waals surface area contributed by atoms with Crippen molar-refractivity contribution in [3.8, 4) is 0 Å². The Balaban J connectivity index is 2.09. The normalized spacial score (nSPS) is 18.8. The number of amidine groups is 1. The number of thiophene rings is 1. The van der Waals surface area contributed by atoms with Gasteiger partial charge in [0.05, 0.1) is 9.62 Å². The second kappa shape index (κ2) is 6.70. The molecule has 1 saturated heterocycles. The number of hydrogen-bond acceptors (Lipinski definition) is 5. The predicted octanol–water partition coefficient (Wildman–Crippen LogP) is 2.39. The molecule has 116 valence electrons. The number of hydrogen-bond donors (Lipinski definition) is 2. The lowest BCUT2D eigenvalue weighted by molar-refractivity contribution is 0.0722. The number of thioether (sulfide) groups is 1. The molecule has 1 fully saturated rings. The molecular weight excluding hydrogens is 306 g/mol. The third kappa shape index (κ3) is 3.03. The van der Waals surface area contributed by atoms with Crippen molar-refractivity contribution in [1.82, 2.24) is 4.90 Å². The van der Waals surface area contributed by atoms with Gasteiger partial charge in [-0.2, -0.15) is 11.8 Å². The van der Waals surface area contributed by atoms with Gasteiger partial charge < -0.3 is 15.8 Å². The number of aryl methyl sites for hydroxylation is 1. The Morgan fingerprint density at radius 1 is 1.57 bits per heavy atom. The van der Waals surface area contributed by atoms with E-state index in [1.54, 1.807) is 11.8 Å². The van der Waals surface area contributed by atoms with Crippen molar-refractivity contribution in [3.05, 3.63) is 21.9 Å². The summed E-state index contributed by atoms with van der Waals surface area (Å²) in [6.45, 7) is 3.33. The maximum absolute atomic E-state index is 12.6. The van der Waals surface area contributed by atoms with E-state index in [0.717, 1.165) is 16.9 Å². The van der Waals surface area contributed by atoms with Crippen LogP contribution < -0.4 is 5.73 Å². The molecule has 0 radical (unpaired) electrons. The molecule has 2 rings (SSSR count). The van der Waals surface area contributed by atoms with E-state index in [1.807, 2.05) is 22.6 Å². The maximum atomic E-state index is 12.6. The van der Waals surface area contributed by atoms with Gasteiger partial charge in [0.2, 0.25) is 0 Å². The topological polar surface area (TPSA) is 78.9 Å². The Kier molecular flexibility index (Phi) is 5.16. The van der Waals surface area contributed by atoms with Gasteiger partial charge in [0.15, 0.2) is 5.84 Å². The van der Waals surface area contributed by atoms with Gasteiger partial charge in [0.25, 0.3) is 5.91 Å². The fraction of sp³-hybridized carbons (Fsp3) is 0.571. The number of piperidine rings is 1.